The molecule has 1 saturated carbocycles. The van der Waals surface area contributed by atoms with Crippen LogP contribution in [0.1, 0.15) is 59.3 Å². The van der Waals surface area contributed by atoms with Crippen molar-refractivity contribution in [3.8, 4) is 0 Å². The fraction of sp³-hybridized carbons (Fsp3) is 1.00. The Morgan fingerprint density at radius 1 is 0.864 bits per heavy atom. The number of rotatable bonds is 4. The summed E-state index contributed by atoms with van der Waals surface area (Å²) < 4.78 is 0. The van der Waals surface area contributed by atoms with Gasteiger partial charge >= 0.3 is 0 Å². The summed E-state index contributed by atoms with van der Waals surface area (Å²) in [6.45, 7) is 7.93. The summed E-state index contributed by atoms with van der Waals surface area (Å²) >= 11 is 0. The molecule has 2 aliphatic heterocycles. The van der Waals surface area contributed by atoms with Gasteiger partial charge in [-0.15, -0.1) is 0 Å². The van der Waals surface area contributed by atoms with Gasteiger partial charge in [0.2, 0.25) is 0 Å². The molecule has 0 aromatic carbocycles. The van der Waals surface area contributed by atoms with E-state index in [0.29, 0.717) is 17.8 Å². The second-order valence-electron chi connectivity index (χ2n) is 8.76. The molecule has 2 saturated heterocycles. The van der Waals surface area contributed by atoms with Crippen molar-refractivity contribution in [2.24, 2.45) is 17.8 Å². The van der Waals surface area contributed by atoms with Gasteiger partial charge in [-0.05, 0) is 90.1 Å². The van der Waals surface area contributed by atoms with E-state index in [9.17, 15) is 10.2 Å². The highest BCUT2D eigenvalue weighted by Gasteiger charge is 2.47. The highest BCUT2D eigenvalue weighted by atomic mass is 16.3. The van der Waals surface area contributed by atoms with Gasteiger partial charge in [0.15, 0.2) is 0 Å². The maximum absolute atomic E-state index is 11.0. The van der Waals surface area contributed by atoms with Crippen molar-refractivity contribution in [1.29, 1.82) is 0 Å². The second-order valence-corrected chi connectivity index (χ2v) is 8.76. The lowest BCUT2D eigenvalue weighted by Crippen LogP contribution is -2.50. The Balaban J connectivity index is 1.56. The first-order valence-electron chi connectivity index (χ1n) is 9.20. The Hall–Kier alpha value is -0.160. The van der Waals surface area contributed by atoms with Gasteiger partial charge < -0.3 is 20.8 Å². The summed E-state index contributed by atoms with van der Waals surface area (Å²) in [6, 6.07) is 0.496. The van der Waals surface area contributed by atoms with Crippen LogP contribution in [-0.4, -0.2) is 46.6 Å². The van der Waals surface area contributed by atoms with Crippen LogP contribution in [0.4, 0.5) is 0 Å². The first-order valence-corrected chi connectivity index (χ1v) is 9.20. The van der Waals surface area contributed by atoms with E-state index in [1.807, 2.05) is 13.8 Å². The van der Waals surface area contributed by atoms with Gasteiger partial charge in [0, 0.05) is 12.1 Å². The van der Waals surface area contributed by atoms with Gasteiger partial charge in [-0.3, -0.25) is 0 Å². The number of hydrogen-bond donors (Lipinski definition) is 4. The predicted molar refractivity (Wildman–Crippen MR) is 88.7 cm³/mol. The van der Waals surface area contributed by atoms with Crippen molar-refractivity contribution < 1.29 is 10.2 Å². The van der Waals surface area contributed by atoms with E-state index in [0.717, 1.165) is 38.8 Å². The molecule has 0 radical (unpaired) electrons. The highest BCUT2D eigenvalue weighted by molar-refractivity contribution is 5.01. The molecule has 4 N–H and O–H groups in total. The molecule has 0 spiro atoms. The Morgan fingerprint density at radius 3 is 2.23 bits per heavy atom. The SMILES string of the molecule is CC(C)(O)[C@@H]1CC(C2CCC([C@@](C)(O)[C@@H]3CCCN3)C2)CN1. The molecular weight excluding hydrogens is 276 g/mol. The zero-order valence-corrected chi connectivity index (χ0v) is 14.4. The summed E-state index contributed by atoms with van der Waals surface area (Å²) in [5, 5.41) is 28.2. The molecule has 1 aliphatic carbocycles. The molecule has 3 fully saturated rings. The summed E-state index contributed by atoms with van der Waals surface area (Å²) in [7, 11) is 0. The molecule has 3 rings (SSSR count). The van der Waals surface area contributed by atoms with Crippen molar-refractivity contribution in [3.05, 3.63) is 0 Å². The van der Waals surface area contributed by atoms with Crippen LogP contribution in [0.25, 0.3) is 0 Å². The lowest BCUT2D eigenvalue weighted by atomic mass is 9.79. The topological polar surface area (TPSA) is 64.5 Å². The van der Waals surface area contributed by atoms with Crippen LogP contribution in [0.5, 0.6) is 0 Å². The third-order valence-electron chi connectivity index (χ3n) is 6.75. The maximum atomic E-state index is 11.0. The van der Waals surface area contributed by atoms with Gasteiger partial charge in [0.25, 0.3) is 0 Å². The van der Waals surface area contributed by atoms with Crippen LogP contribution in [0.3, 0.4) is 0 Å². The minimum atomic E-state index is -0.633. The zero-order chi connectivity index (χ0) is 16.0. The van der Waals surface area contributed by atoms with E-state index in [1.165, 1.54) is 12.8 Å². The van der Waals surface area contributed by atoms with Crippen LogP contribution in [0, 0.1) is 17.8 Å². The van der Waals surface area contributed by atoms with Crippen molar-refractivity contribution in [1.82, 2.24) is 10.6 Å². The van der Waals surface area contributed by atoms with E-state index in [1.54, 1.807) is 0 Å². The molecule has 2 heterocycles. The number of aliphatic hydroxyl groups is 2. The first-order chi connectivity index (χ1) is 10.3. The van der Waals surface area contributed by atoms with Crippen LogP contribution >= 0.6 is 0 Å². The van der Waals surface area contributed by atoms with Crippen LogP contribution in [0.15, 0.2) is 0 Å². The summed E-state index contributed by atoms with van der Waals surface area (Å²) in [5.41, 5.74) is -1.20. The minimum absolute atomic E-state index is 0.216. The Kier molecular flexibility index (Phi) is 4.59. The molecule has 128 valence electrons. The van der Waals surface area contributed by atoms with Gasteiger partial charge in [0.1, 0.15) is 0 Å². The second kappa shape index (κ2) is 6.04. The molecular formula is C18H34N2O2. The van der Waals surface area contributed by atoms with Gasteiger partial charge in [-0.25, -0.2) is 0 Å². The normalized spacial score (nSPS) is 42.7. The fourth-order valence-corrected chi connectivity index (χ4v) is 5.10. The van der Waals surface area contributed by atoms with Crippen LogP contribution in [-0.2, 0) is 0 Å². The third kappa shape index (κ3) is 3.21. The third-order valence-corrected chi connectivity index (χ3v) is 6.75. The van der Waals surface area contributed by atoms with Gasteiger partial charge in [-0.1, -0.05) is 0 Å². The molecule has 3 aliphatic rings. The Bertz CT molecular complexity index is 385. The van der Waals surface area contributed by atoms with E-state index in [2.05, 4.69) is 17.6 Å². The monoisotopic (exact) mass is 310 g/mol. The van der Waals surface area contributed by atoms with Crippen molar-refractivity contribution in [3.63, 3.8) is 0 Å². The van der Waals surface area contributed by atoms with Crippen molar-refractivity contribution in [2.75, 3.05) is 13.1 Å². The molecule has 4 nitrogen and oxygen atoms in total. The lowest BCUT2D eigenvalue weighted by Gasteiger charge is -2.36. The van der Waals surface area contributed by atoms with Crippen LogP contribution in [0.2, 0.25) is 0 Å². The number of nitrogens with one attached hydrogen (secondary N) is 2. The summed E-state index contributed by atoms with van der Waals surface area (Å²) in [4.78, 5) is 0. The van der Waals surface area contributed by atoms with Crippen LogP contribution < -0.4 is 10.6 Å². The highest BCUT2D eigenvalue weighted by Crippen LogP contribution is 2.45. The molecule has 0 bridgehead atoms. The predicted octanol–water partition coefficient (Wildman–Crippen LogP) is 1.65. The first kappa shape index (κ1) is 16.7. The Morgan fingerprint density at radius 2 is 1.64 bits per heavy atom. The van der Waals surface area contributed by atoms with E-state index in [-0.39, 0.29) is 12.1 Å². The molecule has 0 amide bonds. The maximum Gasteiger partial charge on any atom is 0.0800 e. The van der Waals surface area contributed by atoms with Gasteiger partial charge in [0.05, 0.1) is 11.2 Å². The van der Waals surface area contributed by atoms with E-state index >= 15 is 0 Å². The summed E-state index contributed by atoms with van der Waals surface area (Å²) in [6.07, 6.45) is 6.91. The molecule has 0 aromatic heterocycles. The minimum Gasteiger partial charge on any atom is -0.389 e. The largest absolute Gasteiger partial charge is 0.389 e. The standard InChI is InChI=1S/C18H34N2O2/c1-17(2,21)16-10-13(11-20-16)12-6-7-14(9-12)18(3,22)15-5-4-8-19-15/h12-16,19-22H,4-11H2,1-3H3/t12?,13?,14?,15-,16-,18+/m0/s1. The summed E-state index contributed by atoms with van der Waals surface area (Å²) in [5.74, 6) is 1.79. The molecule has 0 aromatic rings. The molecule has 6 atom stereocenters. The molecule has 4 heteroatoms. The quantitative estimate of drug-likeness (QED) is 0.638. The lowest BCUT2D eigenvalue weighted by molar-refractivity contribution is -0.0298. The molecule has 3 unspecified atom stereocenters. The van der Waals surface area contributed by atoms with Crippen molar-refractivity contribution in [2.45, 2.75) is 82.6 Å². The zero-order valence-electron chi connectivity index (χ0n) is 14.4. The smallest absolute Gasteiger partial charge is 0.0800 e. The van der Waals surface area contributed by atoms with Gasteiger partial charge in [-0.2, -0.15) is 0 Å². The number of hydrogen-bond acceptors (Lipinski definition) is 4. The van der Waals surface area contributed by atoms with E-state index < -0.39 is 11.2 Å². The molecule has 22 heavy (non-hydrogen) atoms. The van der Waals surface area contributed by atoms with Crippen molar-refractivity contribution >= 4 is 0 Å². The average molecular weight is 310 g/mol. The fourth-order valence-electron chi connectivity index (χ4n) is 5.10. The Labute approximate surface area is 135 Å². The average Bonchev–Trinajstić information content (AvgIpc) is 3.18. The van der Waals surface area contributed by atoms with E-state index in [4.69, 9.17) is 0 Å².